The molecule has 3 rings (SSSR count). The number of rotatable bonds is 32. The maximum Gasteiger partial charge on any atom is 0.303 e. The Balaban J connectivity index is 1.95. The third-order valence-corrected chi connectivity index (χ3v) is 11.8. The zero-order chi connectivity index (χ0) is 55.6. The van der Waals surface area contributed by atoms with Crippen LogP contribution in [0.25, 0.3) is 0 Å². The largest absolute Gasteiger partial charge is 0.481 e. The summed E-state index contributed by atoms with van der Waals surface area (Å²) in [4.78, 5) is 142. The molecule has 0 bridgehead atoms. The van der Waals surface area contributed by atoms with Gasteiger partial charge in [0.15, 0.2) is 11.9 Å². The van der Waals surface area contributed by atoms with Crippen molar-refractivity contribution in [1.82, 2.24) is 36.8 Å². The van der Waals surface area contributed by atoms with E-state index in [9.17, 15) is 47.9 Å². The van der Waals surface area contributed by atoms with Crippen molar-refractivity contribution in [2.75, 3.05) is 19.6 Å². The van der Waals surface area contributed by atoms with E-state index in [1.54, 1.807) is 60.7 Å². The van der Waals surface area contributed by atoms with Gasteiger partial charge >= 0.3 is 5.97 Å². The molecule has 0 radical (unpaired) electrons. The summed E-state index contributed by atoms with van der Waals surface area (Å²) in [6.07, 6.45) is -0.755. The minimum absolute atomic E-state index is 0.00503. The summed E-state index contributed by atoms with van der Waals surface area (Å²) in [5, 5.41) is 25.0. The Morgan fingerprint density at radius 1 is 0.600 bits per heavy atom. The van der Waals surface area contributed by atoms with E-state index in [4.69, 9.17) is 39.5 Å². The lowest BCUT2D eigenvalue weighted by atomic mass is 9.99. The first-order valence-corrected chi connectivity index (χ1v) is 24.6. The van der Waals surface area contributed by atoms with Gasteiger partial charge in [0.2, 0.25) is 53.2 Å². The average molecular weight is 1050 g/mol. The number of nitrogens with zero attached hydrogens (tertiary/aromatic N) is 3. The summed E-state index contributed by atoms with van der Waals surface area (Å²) >= 11 is 0. The minimum Gasteiger partial charge on any atom is -0.481 e. The van der Waals surface area contributed by atoms with Gasteiger partial charge < -0.3 is 76.3 Å². The molecule has 1 heterocycles. The Hall–Kier alpha value is -8.32. The van der Waals surface area contributed by atoms with E-state index in [-0.39, 0.29) is 88.8 Å². The molecule has 0 saturated carbocycles. The average Bonchev–Trinajstić information content (AvgIpc) is 3.85. The zero-order valence-electron chi connectivity index (χ0n) is 42.3. The molecule has 9 amide bonds. The van der Waals surface area contributed by atoms with Crippen LogP contribution in [0.5, 0.6) is 0 Å². The Morgan fingerprint density at radius 3 is 1.56 bits per heavy atom. The monoisotopic (exact) mass is 1050 g/mol. The maximum absolute atomic E-state index is 14.7. The number of carbonyl (C=O) groups excluding carboxylic acids is 9. The Labute approximate surface area is 434 Å². The highest BCUT2D eigenvalue weighted by molar-refractivity contribution is 5.98. The second-order valence-electron chi connectivity index (χ2n) is 18.5. The molecule has 1 fully saturated rings. The highest BCUT2D eigenvalue weighted by atomic mass is 16.4. The van der Waals surface area contributed by atoms with E-state index in [0.717, 1.165) is 0 Å². The third kappa shape index (κ3) is 22.5. The van der Waals surface area contributed by atoms with E-state index in [0.29, 0.717) is 17.5 Å². The van der Waals surface area contributed by atoms with Crippen LogP contribution >= 0.6 is 0 Å². The number of hydrogen-bond acceptors (Lipinski definition) is 12. The SMILES string of the molecule is CC(C)C[C@H](NC(=O)[C@H](Cc1ccccc1)NC(=O)CCC(=O)O)C(=O)N[C@@H](Cc1ccccc1)C(=O)N[C@@H](CCCN=C(N)N)C(=O)N1CCC[C@H]1C(=O)N[C@@H](CCCN=C(N)N)C(=O)N[C@@H](CC(N)=O)C(N)=O. The first-order valence-electron chi connectivity index (χ1n) is 24.6. The fourth-order valence-corrected chi connectivity index (χ4v) is 8.13. The lowest BCUT2D eigenvalue weighted by Gasteiger charge is -2.31. The van der Waals surface area contributed by atoms with Crippen molar-refractivity contribution in [2.45, 2.75) is 133 Å². The van der Waals surface area contributed by atoms with Gasteiger partial charge in [0.25, 0.3) is 0 Å². The highest BCUT2D eigenvalue weighted by Crippen LogP contribution is 2.21. The van der Waals surface area contributed by atoms with Gasteiger partial charge in [-0.1, -0.05) is 74.5 Å². The van der Waals surface area contributed by atoms with Crippen LogP contribution in [-0.2, 0) is 60.8 Å². The molecule has 2 aromatic rings. The van der Waals surface area contributed by atoms with Crippen molar-refractivity contribution in [3.63, 3.8) is 0 Å². The first-order chi connectivity index (χ1) is 35.5. The number of nitrogens with one attached hydrogen (secondary N) is 6. The van der Waals surface area contributed by atoms with Crippen LogP contribution in [-0.4, -0.2) is 143 Å². The number of likely N-dealkylation sites (tertiary alicyclic amines) is 1. The molecule has 0 aromatic heterocycles. The van der Waals surface area contributed by atoms with Gasteiger partial charge in [-0.15, -0.1) is 0 Å². The molecular formula is C49H73N15O11. The molecule has 0 unspecified atom stereocenters. The topological polar surface area (TPSA) is 447 Å². The second-order valence-corrected chi connectivity index (χ2v) is 18.5. The molecular weight excluding hydrogens is 975 g/mol. The standard InChI is InChI=1S/C49H73N15O11/c1-28(2)24-34(62-44(72)35(25-29-12-5-3-6-13-29)58-39(66)19-20-40(67)68)43(71)63-36(26-30-14-7-4-8-15-30)45(73)60-32(17-10-22-57-49(54)55)47(75)64-23-11-18-37(64)46(74)59-31(16-9-21-56-48(52)53)42(70)61-33(41(51)69)27-38(50)65/h3-8,12-15,28,31-37H,9-11,16-27H2,1-2H3,(H2,50,65)(H2,51,69)(H,58,66)(H,59,74)(H,60,73)(H,61,70)(H,62,72)(H,63,71)(H,67,68)(H4,52,53,56)(H4,54,55,57)/t31-,32-,33-,34-,35-,36-,37-/m0/s1. The van der Waals surface area contributed by atoms with Gasteiger partial charge in [-0.2, -0.15) is 0 Å². The van der Waals surface area contributed by atoms with Crippen molar-refractivity contribution >= 4 is 71.1 Å². The van der Waals surface area contributed by atoms with Crippen LogP contribution in [0.1, 0.15) is 89.2 Å². The van der Waals surface area contributed by atoms with Crippen molar-refractivity contribution in [1.29, 1.82) is 0 Å². The predicted molar refractivity (Wildman–Crippen MR) is 276 cm³/mol. The van der Waals surface area contributed by atoms with Gasteiger partial charge in [0.1, 0.15) is 42.3 Å². The minimum atomic E-state index is -1.50. The summed E-state index contributed by atoms with van der Waals surface area (Å²) in [5.74, 6) is -9.09. The lowest BCUT2D eigenvalue weighted by molar-refractivity contribution is -0.142. The number of amides is 9. The van der Waals surface area contributed by atoms with E-state index in [1.165, 1.54) is 4.90 Å². The Bertz CT molecular complexity index is 2350. The van der Waals surface area contributed by atoms with Crippen molar-refractivity contribution in [3.8, 4) is 0 Å². The van der Waals surface area contributed by atoms with Crippen molar-refractivity contribution in [2.24, 2.45) is 50.3 Å². The van der Waals surface area contributed by atoms with Crippen LogP contribution in [0, 0.1) is 5.92 Å². The number of carboxylic acids is 1. The van der Waals surface area contributed by atoms with Crippen molar-refractivity contribution < 1.29 is 53.1 Å². The first kappa shape index (κ1) is 61.0. The van der Waals surface area contributed by atoms with Crippen LogP contribution in [0.3, 0.4) is 0 Å². The molecule has 75 heavy (non-hydrogen) atoms. The lowest BCUT2D eigenvalue weighted by Crippen LogP contribution is -2.60. The molecule has 0 spiro atoms. The quantitative estimate of drug-likeness (QED) is 0.0195. The number of aliphatic carboxylic acids is 1. The fourth-order valence-electron chi connectivity index (χ4n) is 8.13. The number of nitrogens with two attached hydrogens (primary N) is 6. The normalized spacial score (nSPS) is 15.3. The van der Waals surface area contributed by atoms with Gasteiger partial charge in [-0.05, 0) is 62.0 Å². The molecule has 1 aliphatic rings. The van der Waals surface area contributed by atoms with Crippen LogP contribution in [0.2, 0.25) is 0 Å². The Kier molecular flexibility index (Phi) is 25.5. The number of carbonyl (C=O) groups is 10. The van der Waals surface area contributed by atoms with Crippen LogP contribution in [0.15, 0.2) is 70.6 Å². The molecule has 26 nitrogen and oxygen atoms in total. The molecule has 7 atom stereocenters. The molecule has 1 saturated heterocycles. The van der Waals surface area contributed by atoms with Crippen LogP contribution in [0.4, 0.5) is 0 Å². The van der Waals surface area contributed by atoms with Gasteiger partial charge in [0.05, 0.1) is 12.8 Å². The van der Waals surface area contributed by atoms with E-state index >= 15 is 0 Å². The third-order valence-electron chi connectivity index (χ3n) is 11.8. The molecule has 1 aliphatic heterocycles. The van der Waals surface area contributed by atoms with Gasteiger partial charge in [0, 0.05) is 38.9 Å². The molecule has 19 N–H and O–H groups in total. The summed E-state index contributed by atoms with van der Waals surface area (Å²) < 4.78 is 0. The number of hydrogen-bond donors (Lipinski definition) is 13. The van der Waals surface area contributed by atoms with E-state index < -0.39 is 121 Å². The van der Waals surface area contributed by atoms with Gasteiger partial charge in [-0.3, -0.25) is 57.9 Å². The molecule has 410 valence electrons. The molecule has 26 heteroatoms. The summed E-state index contributed by atoms with van der Waals surface area (Å²) in [7, 11) is 0. The summed E-state index contributed by atoms with van der Waals surface area (Å²) in [6.45, 7) is 3.80. The molecule has 2 aromatic carbocycles. The fraction of sp³-hybridized carbons (Fsp3) is 0.510. The summed E-state index contributed by atoms with van der Waals surface area (Å²) in [6, 6.07) is 8.28. The zero-order valence-corrected chi connectivity index (χ0v) is 42.3. The predicted octanol–water partition coefficient (Wildman–Crippen LogP) is -3.25. The second kappa shape index (κ2) is 31.3. The number of benzene rings is 2. The number of primary amides is 2. The smallest absolute Gasteiger partial charge is 0.303 e. The van der Waals surface area contributed by atoms with Crippen molar-refractivity contribution in [3.05, 3.63) is 71.8 Å². The maximum atomic E-state index is 14.7. The Morgan fingerprint density at radius 2 is 1.07 bits per heavy atom. The van der Waals surface area contributed by atoms with Gasteiger partial charge in [-0.25, -0.2) is 0 Å². The molecule has 0 aliphatic carbocycles. The number of aliphatic imine (C=N–C) groups is 2. The van der Waals surface area contributed by atoms with E-state index in [1.807, 2.05) is 13.8 Å². The van der Waals surface area contributed by atoms with Crippen LogP contribution < -0.4 is 66.3 Å². The van der Waals surface area contributed by atoms with E-state index in [2.05, 4.69) is 41.9 Å². The number of guanidine groups is 2. The highest BCUT2D eigenvalue weighted by Gasteiger charge is 2.40. The summed E-state index contributed by atoms with van der Waals surface area (Å²) in [5.41, 5.74) is 34.0. The number of carboxylic acid groups (broad SMARTS) is 1.